The highest BCUT2D eigenvalue weighted by molar-refractivity contribution is 6.06. The first-order valence-corrected chi connectivity index (χ1v) is 10.4. The minimum Gasteiger partial charge on any atom is -0.432 e. The average Bonchev–Trinajstić information content (AvgIpc) is 3.04. The molecule has 2 N–H and O–H groups in total. The van der Waals surface area contributed by atoms with Gasteiger partial charge >= 0.3 is 0 Å². The van der Waals surface area contributed by atoms with Crippen molar-refractivity contribution in [3.05, 3.63) is 23.1 Å². The summed E-state index contributed by atoms with van der Waals surface area (Å²) in [6.07, 6.45) is 3.98. The lowest BCUT2D eigenvalue weighted by atomic mass is 9.88. The summed E-state index contributed by atoms with van der Waals surface area (Å²) in [4.78, 5) is 13.8. The molecule has 4 heterocycles. The van der Waals surface area contributed by atoms with Gasteiger partial charge in [-0.1, -0.05) is 20.8 Å². The van der Waals surface area contributed by atoms with Crippen LogP contribution in [0.3, 0.4) is 0 Å². The smallest absolute Gasteiger partial charge is 0.229 e. The SMILES string of the molecule is CC[C@H](CO)Nc1ncnc2c1oc1nc(CC(C)C)c3c(c12)CC(C)(C)OC3. The normalized spacial score (nSPS) is 17.1. The van der Waals surface area contributed by atoms with Crippen molar-refractivity contribution in [3.8, 4) is 0 Å². The van der Waals surface area contributed by atoms with E-state index >= 15 is 0 Å². The monoisotopic (exact) mass is 398 g/mol. The highest BCUT2D eigenvalue weighted by Gasteiger charge is 2.32. The van der Waals surface area contributed by atoms with E-state index in [9.17, 15) is 5.11 Å². The number of aliphatic hydroxyl groups excluding tert-OH is 1. The number of aliphatic hydroxyl groups is 1. The van der Waals surface area contributed by atoms with E-state index in [2.05, 4.69) is 43.0 Å². The van der Waals surface area contributed by atoms with Gasteiger partial charge in [0.15, 0.2) is 11.4 Å². The van der Waals surface area contributed by atoms with Crippen LogP contribution in [0.5, 0.6) is 0 Å². The molecule has 0 radical (unpaired) electrons. The van der Waals surface area contributed by atoms with Gasteiger partial charge in [0.1, 0.15) is 11.8 Å². The lowest BCUT2D eigenvalue weighted by molar-refractivity contribution is -0.0402. The number of ether oxygens (including phenoxy) is 1. The Hall–Kier alpha value is -2.25. The summed E-state index contributed by atoms with van der Waals surface area (Å²) >= 11 is 0. The van der Waals surface area contributed by atoms with Crippen molar-refractivity contribution in [1.29, 1.82) is 0 Å². The Kier molecular flexibility index (Phi) is 5.21. The highest BCUT2D eigenvalue weighted by Crippen LogP contribution is 2.39. The Balaban J connectivity index is 1.96. The lowest BCUT2D eigenvalue weighted by Gasteiger charge is -2.33. The molecule has 1 aliphatic heterocycles. The quantitative estimate of drug-likeness (QED) is 0.648. The minimum atomic E-state index is -0.252. The van der Waals surface area contributed by atoms with Crippen LogP contribution in [0, 0.1) is 5.92 Å². The van der Waals surface area contributed by atoms with Gasteiger partial charge < -0.3 is 19.6 Å². The van der Waals surface area contributed by atoms with Gasteiger partial charge in [0, 0.05) is 12.0 Å². The van der Waals surface area contributed by atoms with Gasteiger partial charge in [0.05, 0.1) is 35.9 Å². The van der Waals surface area contributed by atoms with E-state index in [0.717, 1.165) is 35.9 Å². The van der Waals surface area contributed by atoms with Gasteiger partial charge in [0.2, 0.25) is 5.71 Å². The van der Waals surface area contributed by atoms with Gasteiger partial charge in [-0.2, -0.15) is 0 Å². The Morgan fingerprint density at radius 3 is 2.72 bits per heavy atom. The number of nitrogens with zero attached hydrogens (tertiary/aromatic N) is 3. The first-order chi connectivity index (χ1) is 13.8. The van der Waals surface area contributed by atoms with Crippen molar-refractivity contribution in [1.82, 2.24) is 15.0 Å². The molecule has 0 unspecified atom stereocenters. The van der Waals surface area contributed by atoms with Crippen LogP contribution in [0.1, 0.15) is 57.9 Å². The van der Waals surface area contributed by atoms with Crippen LogP contribution >= 0.6 is 0 Å². The zero-order chi connectivity index (χ0) is 20.8. The molecule has 0 fully saturated rings. The molecule has 0 saturated carbocycles. The maximum Gasteiger partial charge on any atom is 0.229 e. The molecule has 0 spiro atoms. The molecule has 29 heavy (non-hydrogen) atoms. The number of rotatable bonds is 6. The molecular formula is C22H30N4O3. The standard InChI is InChI=1S/C22H30N4O3/c1-6-13(9-27)25-20-19-18(23-11-24-20)17-14-8-22(4,5)28-10-15(14)16(7-12(2)3)26-21(17)29-19/h11-13,27H,6-10H2,1-5H3,(H,23,24,25)/t13-/m1/s1. The van der Waals surface area contributed by atoms with E-state index in [0.29, 0.717) is 29.6 Å². The molecule has 1 aliphatic rings. The predicted molar refractivity (Wildman–Crippen MR) is 113 cm³/mol. The fourth-order valence-electron chi connectivity index (χ4n) is 4.00. The second-order valence-electron chi connectivity index (χ2n) is 8.95. The van der Waals surface area contributed by atoms with Crippen molar-refractivity contribution in [2.24, 2.45) is 5.92 Å². The summed E-state index contributed by atoms with van der Waals surface area (Å²) < 4.78 is 12.3. The second-order valence-corrected chi connectivity index (χ2v) is 8.95. The summed E-state index contributed by atoms with van der Waals surface area (Å²) in [5.41, 5.74) is 5.15. The molecule has 156 valence electrons. The molecule has 3 aromatic rings. The molecule has 0 amide bonds. The fraction of sp³-hybridized carbons (Fsp3) is 0.591. The Labute approximate surface area is 170 Å². The molecule has 0 aromatic carbocycles. The summed E-state index contributed by atoms with van der Waals surface area (Å²) in [5, 5.41) is 13.8. The first kappa shape index (κ1) is 20.0. The average molecular weight is 399 g/mol. The molecule has 0 saturated heterocycles. The fourth-order valence-corrected chi connectivity index (χ4v) is 4.00. The van der Waals surface area contributed by atoms with Crippen LogP contribution in [0.4, 0.5) is 5.82 Å². The van der Waals surface area contributed by atoms with E-state index in [4.69, 9.17) is 14.1 Å². The predicted octanol–water partition coefficient (Wildman–Crippen LogP) is 4.00. The van der Waals surface area contributed by atoms with E-state index in [1.165, 1.54) is 11.1 Å². The number of aromatic nitrogens is 3. The van der Waals surface area contributed by atoms with Gasteiger partial charge in [0.25, 0.3) is 0 Å². The number of hydrogen-bond acceptors (Lipinski definition) is 7. The number of fused-ring (bicyclic) bond motifs is 5. The van der Waals surface area contributed by atoms with Gasteiger partial charge in [-0.25, -0.2) is 15.0 Å². The molecule has 0 aliphatic carbocycles. The summed E-state index contributed by atoms with van der Waals surface area (Å²) in [6, 6.07) is -0.0907. The van der Waals surface area contributed by atoms with Crippen molar-refractivity contribution in [3.63, 3.8) is 0 Å². The molecule has 1 atom stereocenters. The van der Waals surface area contributed by atoms with Crippen molar-refractivity contribution in [2.45, 2.75) is 72.1 Å². The highest BCUT2D eigenvalue weighted by atomic mass is 16.5. The third-order valence-electron chi connectivity index (χ3n) is 5.57. The maximum absolute atomic E-state index is 9.57. The van der Waals surface area contributed by atoms with Crippen LogP contribution in [0.2, 0.25) is 0 Å². The van der Waals surface area contributed by atoms with Crippen LogP contribution < -0.4 is 5.32 Å². The number of anilines is 1. The number of hydrogen-bond donors (Lipinski definition) is 2. The summed E-state index contributed by atoms with van der Waals surface area (Å²) in [5.74, 6) is 1.08. The van der Waals surface area contributed by atoms with Gasteiger partial charge in [-0.05, 0) is 38.2 Å². The number of pyridine rings is 1. The molecule has 4 rings (SSSR count). The third-order valence-corrected chi connectivity index (χ3v) is 5.57. The van der Waals surface area contributed by atoms with Crippen molar-refractivity contribution in [2.75, 3.05) is 11.9 Å². The van der Waals surface area contributed by atoms with Crippen LogP contribution in [0.15, 0.2) is 10.7 Å². The number of nitrogens with one attached hydrogen (secondary N) is 1. The zero-order valence-corrected chi connectivity index (χ0v) is 17.9. The second kappa shape index (κ2) is 7.54. The largest absolute Gasteiger partial charge is 0.432 e. The van der Waals surface area contributed by atoms with Crippen LogP contribution in [-0.4, -0.2) is 38.3 Å². The van der Waals surface area contributed by atoms with Crippen molar-refractivity contribution >= 4 is 28.0 Å². The topological polar surface area (TPSA) is 93.3 Å². The minimum absolute atomic E-state index is 0.0277. The molecule has 0 bridgehead atoms. The van der Waals surface area contributed by atoms with E-state index < -0.39 is 0 Å². The van der Waals surface area contributed by atoms with E-state index in [-0.39, 0.29) is 18.2 Å². The lowest BCUT2D eigenvalue weighted by Crippen LogP contribution is -2.33. The Morgan fingerprint density at radius 2 is 2.03 bits per heavy atom. The third kappa shape index (κ3) is 3.69. The van der Waals surface area contributed by atoms with Gasteiger partial charge in [-0.3, -0.25) is 0 Å². The molecule has 3 aromatic heterocycles. The van der Waals surface area contributed by atoms with Crippen LogP contribution in [0.25, 0.3) is 22.2 Å². The van der Waals surface area contributed by atoms with E-state index in [1.807, 2.05) is 6.92 Å². The van der Waals surface area contributed by atoms with E-state index in [1.54, 1.807) is 6.33 Å². The van der Waals surface area contributed by atoms with Crippen LogP contribution in [-0.2, 0) is 24.2 Å². The Bertz CT molecular complexity index is 1040. The number of furan rings is 1. The Morgan fingerprint density at radius 1 is 1.24 bits per heavy atom. The summed E-state index contributed by atoms with van der Waals surface area (Å²) in [6.45, 7) is 11.2. The summed E-state index contributed by atoms with van der Waals surface area (Å²) in [7, 11) is 0. The molecule has 7 nitrogen and oxygen atoms in total. The maximum atomic E-state index is 9.57. The first-order valence-electron chi connectivity index (χ1n) is 10.4. The zero-order valence-electron chi connectivity index (χ0n) is 17.9. The molecular weight excluding hydrogens is 368 g/mol. The van der Waals surface area contributed by atoms with Crippen molar-refractivity contribution < 1.29 is 14.3 Å². The molecule has 7 heteroatoms. The van der Waals surface area contributed by atoms with Gasteiger partial charge in [-0.15, -0.1) is 0 Å².